The van der Waals surface area contributed by atoms with Crippen LogP contribution in [0.5, 0.6) is 0 Å². The van der Waals surface area contributed by atoms with Gasteiger partial charge in [-0.3, -0.25) is 0 Å². The van der Waals surface area contributed by atoms with Gasteiger partial charge in [-0.25, -0.2) is 0 Å². The van der Waals surface area contributed by atoms with Crippen molar-refractivity contribution in [3.8, 4) is 11.1 Å². The van der Waals surface area contributed by atoms with Crippen LogP contribution in [-0.2, 0) is 0 Å². The van der Waals surface area contributed by atoms with Crippen LogP contribution in [0.15, 0.2) is 188 Å². The molecule has 0 amide bonds. The number of nitrogens with zero attached hydrogens (tertiary/aromatic N) is 1. The molecule has 0 spiro atoms. The number of hydrogen-bond donors (Lipinski definition) is 0. The van der Waals surface area contributed by atoms with Crippen LogP contribution < -0.4 is 25.6 Å². The number of thiophene rings is 1. The maximum atomic E-state index is 2.53. The smallest absolute Gasteiger partial charge is 0.180 e. The van der Waals surface area contributed by atoms with Gasteiger partial charge < -0.3 is 4.90 Å². The van der Waals surface area contributed by atoms with E-state index in [0.29, 0.717) is 0 Å². The van der Waals surface area contributed by atoms with Gasteiger partial charge in [-0.2, -0.15) is 0 Å². The molecule has 0 fully saturated rings. The second-order valence-corrected chi connectivity index (χ2v) is 17.7. The van der Waals surface area contributed by atoms with Crippen molar-refractivity contribution >= 4 is 88.2 Å². The van der Waals surface area contributed by atoms with Gasteiger partial charge in [0.1, 0.15) is 0 Å². The van der Waals surface area contributed by atoms with E-state index in [1.165, 1.54) is 79.9 Å². The number of fused-ring (bicyclic) bond motifs is 7. The Morgan fingerprint density at radius 2 is 1.00 bits per heavy atom. The average Bonchev–Trinajstić information content (AvgIpc) is 3.70. The lowest BCUT2D eigenvalue weighted by molar-refractivity contribution is 1.31. The Morgan fingerprint density at radius 1 is 0.408 bits per heavy atom. The minimum absolute atomic E-state index is 1.17. The highest BCUT2D eigenvalue weighted by molar-refractivity contribution is 7.26. The Balaban J connectivity index is 1.32. The predicted molar refractivity (Wildman–Crippen MR) is 214 cm³/mol. The van der Waals surface area contributed by atoms with E-state index < -0.39 is 8.07 Å². The Bertz CT molecular complexity index is 2630. The summed E-state index contributed by atoms with van der Waals surface area (Å²) < 4.78 is 2.62. The van der Waals surface area contributed by atoms with E-state index in [1.54, 1.807) is 0 Å². The molecular formula is C46H31NSSi. The summed E-state index contributed by atoms with van der Waals surface area (Å²) in [5.74, 6) is 0. The Kier molecular flexibility index (Phi) is 6.45. The third kappa shape index (κ3) is 4.16. The van der Waals surface area contributed by atoms with Crippen LogP contribution in [-0.4, -0.2) is 8.07 Å². The van der Waals surface area contributed by atoms with Crippen LogP contribution in [0.3, 0.4) is 0 Å². The third-order valence-corrected chi connectivity index (χ3v) is 16.3. The van der Waals surface area contributed by atoms with E-state index >= 15 is 0 Å². The lowest BCUT2D eigenvalue weighted by Gasteiger charge is -2.32. The van der Waals surface area contributed by atoms with E-state index in [0.717, 1.165) is 0 Å². The van der Waals surface area contributed by atoms with Crippen molar-refractivity contribution in [2.24, 2.45) is 0 Å². The molecule has 1 aliphatic heterocycles. The molecule has 9 aromatic rings. The largest absolute Gasteiger partial charge is 0.309 e. The lowest BCUT2D eigenvalue weighted by atomic mass is 10.0. The van der Waals surface area contributed by atoms with E-state index in [9.17, 15) is 0 Å². The van der Waals surface area contributed by atoms with Crippen molar-refractivity contribution in [1.29, 1.82) is 0 Å². The summed E-state index contributed by atoms with van der Waals surface area (Å²) in [6, 6.07) is 70.1. The van der Waals surface area contributed by atoms with Gasteiger partial charge in [0, 0.05) is 36.8 Å². The van der Waals surface area contributed by atoms with Gasteiger partial charge >= 0.3 is 0 Å². The molecule has 0 radical (unpaired) electrons. The quantitative estimate of drug-likeness (QED) is 0.167. The molecule has 0 aliphatic carbocycles. The highest BCUT2D eigenvalue weighted by Gasteiger charge is 2.49. The maximum absolute atomic E-state index is 2.65. The molecule has 8 aromatic carbocycles. The summed E-state index contributed by atoms with van der Waals surface area (Å²) in [5, 5.41) is 10.8. The number of benzene rings is 8. The van der Waals surface area contributed by atoms with Crippen LogP contribution in [0.1, 0.15) is 0 Å². The molecule has 3 heteroatoms. The van der Waals surface area contributed by atoms with E-state index in [-0.39, 0.29) is 0 Å². The first kappa shape index (κ1) is 28.3. The number of hydrogen-bond acceptors (Lipinski definition) is 2. The van der Waals surface area contributed by atoms with Gasteiger partial charge in [-0.05, 0) is 62.0 Å². The summed E-state index contributed by atoms with van der Waals surface area (Å²) in [6.07, 6.45) is 0. The van der Waals surface area contributed by atoms with Crippen molar-refractivity contribution in [1.82, 2.24) is 0 Å². The second-order valence-electron chi connectivity index (χ2n) is 12.8. The Hall–Kier alpha value is -5.74. The second kappa shape index (κ2) is 11.2. The van der Waals surface area contributed by atoms with Crippen LogP contribution in [0.25, 0.3) is 42.1 Å². The fourth-order valence-electron chi connectivity index (χ4n) is 8.33. The average molecular weight is 658 g/mol. The fraction of sp³-hybridized carbons (Fsp3) is 0. The highest BCUT2D eigenvalue weighted by Crippen LogP contribution is 2.46. The molecule has 0 unspecified atom stereocenters. The minimum Gasteiger partial charge on any atom is -0.309 e. The molecule has 10 rings (SSSR count). The van der Waals surface area contributed by atoms with Gasteiger partial charge in [0.2, 0.25) is 0 Å². The molecule has 0 saturated heterocycles. The SMILES string of the molecule is c1ccc([Si]2(c3ccccc3)c3ccccc3-c3c(N(c4ccc5c(c4)sc4ccccc45)c4cccc5ccccc45)cccc32)cc1. The van der Waals surface area contributed by atoms with E-state index in [2.05, 4.69) is 193 Å². The topological polar surface area (TPSA) is 3.24 Å². The molecule has 0 atom stereocenters. The zero-order valence-corrected chi connectivity index (χ0v) is 28.6. The molecule has 1 aromatic heterocycles. The van der Waals surface area contributed by atoms with Gasteiger partial charge in [-0.15, -0.1) is 11.3 Å². The van der Waals surface area contributed by atoms with Gasteiger partial charge in [0.15, 0.2) is 8.07 Å². The summed E-state index contributed by atoms with van der Waals surface area (Å²) in [4.78, 5) is 2.53. The first-order valence-corrected chi connectivity index (χ1v) is 19.7. The molecule has 2 heterocycles. The number of anilines is 3. The van der Waals surface area contributed by atoms with Crippen molar-refractivity contribution in [3.05, 3.63) is 188 Å². The van der Waals surface area contributed by atoms with Crippen LogP contribution in [0, 0.1) is 0 Å². The van der Waals surface area contributed by atoms with Crippen molar-refractivity contribution < 1.29 is 0 Å². The molecule has 230 valence electrons. The Labute approximate surface area is 291 Å². The zero-order valence-electron chi connectivity index (χ0n) is 26.8. The van der Waals surface area contributed by atoms with Crippen LogP contribution >= 0.6 is 11.3 Å². The summed E-state index contributed by atoms with van der Waals surface area (Å²) >= 11 is 1.88. The van der Waals surface area contributed by atoms with Crippen molar-refractivity contribution in [2.75, 3.05) is 4.90 Å². The molecular weight excluding hydrogens is 627 g/mol. The standard InChI is InChI=1S/C46H31NSSi/c1-3-17-34(18-4-1)49(35-19-5-2-6-20-35)44-27-12-10-23-39(44)46-41(25-14-28-45(46)49)47(40-24-13-16-32-15-7-8-21-36(32)40)33-29-30-38-37-22-9-11-26-42(37)48-43(38)31-33/h1-31H. The first-order valence-electron chi connectivity index (χ1n) is 16.9. The third-order valence-electron chi connectivity index (χ3n) is 10.3. The molecule has 1 aliphatic rings. The Morgan fingerprint density at radius 3 is 1.82 bits per heavy atom. The van der Waals surface area contributed by atoms with E-state index in [1.807, 2.05) is 11.3 Å². The summed E-state index contributed by atoms with van der Waals surface area (Å²) in [7, 11) is -2.65. The zero-order chi connectivity index (χ0) is 32.4. The lowest BCUT2D eigenvalue weighted by Crippen LogP contribution is -2.72. The van der Waals surface area contributed by atoms with E-state index in [4.69, 9.17) is 0 Å². The maximum Gasteiger partial charge on any atom is 0.180 e. The fourth-order valence-corrected chi connectivity index (χ4v) is 14.7. The summed E-state index contributed by atoms with van der Waals surface area (Å²) in [5.41, 5.74) is 6.23. The molecule has 1 nitrogen and oxygen atoms in total. The van der Waals surface area contributed by atoms with Crippen molar-refractivity contribution in [2.45, 2.75) is 0 Å². The van der Waals surface area contributed by atoms with Gasteiger partial charge in [0.25, 0.3) is 0 Å². The molecule has 0 saturated carbocycles. The van der Waals surface area contributed by atoms with Crippen molar-refractivity contribution in [3.63, 3.8) is 0 Å². The first-order chi connectivity index (χ1) is 24.3. The predicted octanol–water partition coefficient (Wildman–Crippen LogP) is 10.0. The van der Waals surface area contributed by atoms with Gasteiger partial charge in [0.05, 0.1) is 11.4 Å². The minimum atomic E-state index is -2.65. The summed E-state index contributed by atoms with van der Waals surface area (Å²) in [6.45, 7) is 0. The van der Waals surface area contributed by atoms with Crippen LogP contribution in [0.4, 0.5) is 17.1 Å². The number of rotatable bonds is 5. The molecule has 49 heavy (non-hydrogen) atoms. The highest BCUT2D eigenvalue weighted by atomic mass is 32.1. The molecule has 0 bridgehead atoms. The van der Waals surface area contributed by atoms with Crippen LogP contribution in [0.2, 0.25) is 0 Å². The molecule has 0 N–H and O–H groups in total. The van der Waals surface area contributed by atoms with Gasteiger partial charge in [-0.1, -0.05) is 158 Å². The monoisotopic (exact) mass is 657 g/mol. The normalized spacial score (nSPS) is 13.1.